The molecule has 2 aromatic carbocycles. The van der Waals surface area contributed by atoms with Gasteiger partial charge in [-0.1, -0.05) is 12.1 Å². The second-order valence-electron chi connectivity index (χ2n) is 6.17. The first-order valence-electron chi connectivity index (χ1n) is 8.91. The quantitative estimate of drug-likeness (QED) is 0.588. The molecule has 0 saturated carbocycles. The van der Waals surface area contributed by atoms with Crippen LogP contribution in [-0.2, 0) is 0 Å². The Bertz CT molecular complexity index is 1100. The van der Waals surface area contributed by atoms with Crippen molar-refractivity contribution < 1.29 is 32.1 Å². The molecular formula is C21H19F3N2O5. The Labute approximate surface area is 175 Å². The standard InChI is InChI=1S/C21H19F3N2O5/c1-28-16-11-14(12-17(29-2)20(16)30-3)26-18(8-5-9-19(26)27)25-13-6-4-7-15(10-13)31-21(22,23)24/h4-12,25H,1-3H3. The third-order valence-electron chi connectivity index (χ3n) is 4.20. The Morgan fingerprint density at radius 3 is 2.10 bits per heavy atom. The maximum atomic E-state index is 12.7. The number of halogens is 3. The van der Waals surface area contributed by atoms with Crippen LogP contribution in [0.25, 0.3) is 5.69 Å². The molecule has 0 amide bonds. The minimum atomic E-state index is -4.82. The number of alkyl halides is 3. The van der Waals surface area contributed by atoms with Gasteiger partial charge in [0.05, 0.1) is 27.0 Å². The van der Waals surface area contributed by atoms with Crippen molar-refractivity contribution in [1.82, 2.24) is 4.57 Å². The van der Waals surface area contributed by atoms with E-state index in [1.54, 1.807) is 24.3 Å². The summed E-state index contributed by atoms with van der Waals surface area (Å²) in [6.45, 7) is 0. The second kappa shape index (κ2) is 8.90. The van der Waals surface area contributed by atoms with Crippen molar-refractivity contribution in [3.8, 4) is 28.7 Å². The molecule has 1 aromatic heterocycles. The molecule has 0 saturated heterocycles. The van der Waals surface area contributed by atoms with Crippen LogP contribution < -0.4 is 29.8 Å². The van der Waals surface area contributed by atoms with E-state index in [0.717, 1.165) is 0 Å². The number of pyridine rings is 1. The minimum Gasteiger partial charge on any atom is -0.493 e. The molecule has 0 aliphatic carbocycles. The van der Waals surface area contributed by atoms with Crippen LogP contribution in [0.5, 0.6) is 23.0 Å². The summed E-state index contributed by atoms with van der Waals surface area (Å²) in [7, 11) is 4.35. The van der Waals surface area contributed by atoms with Crippen molar-refractivity contribution in [2.45, 2.75) is 6.36 Å². The number of ether oxygens (including phenoxy) is 4. The number of nitrogens with one attached hydrogen (secondary N) is 1. The van der Waals surface area contributed by atoms with Crippen molar-refractivity contribution in [1.29, 1.82) is 0 Å². The lowest BCUT2D eigenvalue weighted by Gasteiger charge is -2.18. The molecule has 1 N–H and O–H groups in total. The zero-order valence-corrected chi connectivity index (χ0v) is 16.8. The highest BCUT2D eigenvalue weighted by molar-refractivity contribution is 5.64. The number of anilines is 2. The Balaban J connectivity index is 2.07. The van der Waals surface area contributed by atoms with E-state index in [4.69, 9.17) is 14.2 Å². The fourth-order valence-corrected chi connectivity index (χ4v) is 2.97. The van der Waals surface area contributed by atoms with Crippen molar-refractivity contribution in [2.75, 3.05) is 26.6 Å². The normalized spacial score (nSPS) is 11.0. The topological polar surface area (TPSA) is 71.0 Å². The smallest absolute Gasteiger partial charge is 0.493 e. The van der Waals surface area contributed by atoms with Gasteiger partial charge in [-0.05, 0) is 18.2 Å². The molecule has 0 fully saturated rings. The van der Waals surface area contributed by atoms with E-state index in [-0.39, 0.29) is 11.2 Å². The summed E-state index contributed by atoms with van der Waals surface area (Å²) in [5, 5.41) is 2.94. The van der Waals surface area contributed by atoms with E-state index in [2.05, 4.69) is 10.1 Å². The molecule has 0 aliphatic rings. The highest BCUT2D eigenvalue weighted by Gasteiger charge is 2.31. The van der Waals surface area contributed by atoms with Gasteiger partial charge >= 0.3 is 6.36 Å². The van der Waals surface area contributed by atoms with Crippen LogP contribution in [0.15, 0.2) is 59.4 Å². The summed E-state index contributed by atoms with van der Waals surface area (Å²) in [6.07, 6.45) is -4.82. The Kier molecular flexibility index (Phi) is 6.28. The van der Waals surface area contributed by atoms with Gasteiger partial charge in [-0.15, -0.1) is 13.2 Å². The second-order valence-corrected chi connectivity index (χ2v) is 6.17. The molecule has 1 heterocycles. The van der Waals surface area contributed by atoms with Gasteiger partial charge in [0.15, 0.2) is 11.5 Å². The third kappa shape index (κ3) is 5.03. The van der Waals surface area contributed by atoms with Crippen molar-refractivity contribution in [3.05, 3.63) is 65.0 Å². The largest absolute Gasteiger partial charge is 0.573 e. The Hall–Kier alpha value is -3.82. The van der Waals surface area contributed by atoms with Crippen LogP contribution in [0.3, 0.4) is 0 Å². The van der Waals surface area contributed by atoms with Gasteiger partial charge in [-0.3, -0.25) is 9.36 Å². The van der Waals surface area contributed by atoms with Gasteiger partial charge in [-0.2, -0.15) is 0 Å². The molecule has 0 spiro atoms. The number of benzene rings is 2. The molecule has 0 atom stereocenters. The molecule has 31 heavy (non-hydrogen) atoms. The predicted octanol–water partition coefficient (Wildman–Crippen LogP) is 4.51. The van der Waals surface area contributed by atoms with Gasteiger partial charge in [0.1, 0.15) is 11.6 Å². The summed E-state index contributed by atoms with van der Waals surface area (Å²) >= 11 is 0. The first-order chi connectivity index (χ1) is 14.8. The van der Waals surface area contributed by atoms with E-state index in [0.29, 0.717) is 28.8 Å². The van der Waals surface area contributed by atoms with Gasteiger partial charge in [0.2, 0.25) is 5.75 Å². The maximum absolute atomic E-state index is 12.7. The average Bonchev–Trinajstić information content (AvgIpc) is 2.72. The minimum absolute atomic E-state index is 0.286. The average molecular weight is 436 g/mol. The van der Waals surface area contributed by atoms with Crippen LogP contribution >= 0.6 is 0 Å². The Morgan fingerprint density at radius 2 is 1.52 bits per heavy atom. The lowest BCUT2D eigenvalue weighted by molar-refractivity contribution is -0.274. The monoisotopic (exact) mass is 436 g/mol. The van der Waals surface area contributed by atoms with Gasteiger partial charge in [0, 0.05) is 30.0 Å². The van der Waals surface area contributed by atoms with Gasteiger partial charge in [0.25, 0.3) is 5.56 Å². The number of hydrogen-bond acceptors (Lipinski definition) is 6. The van der Waals surface area contributed by atoms with Gasteiger partial charge in [-0.25, -0.2) is 0 Å². The van der Waals surface area contributed by atoms with Crippen LogP contribution in [0.4, 0.5) is 24.7 Å². The zero-order chi connectivity index (χ0) is 22.6. The highest BCUT2D eigenvalue weighted by atomic mass is 19.4. The van der Waals surface area contributed by atoms with E-state index in [9.17, 15) is 18.0 Å². The van der Waals surface area contributed by atoms with Crippen molar-refractivity contribution in [2.24, 2.45) is 0 Å². The zero-order valence-electron chi connectivity index (χ0n) is 16.8. The first kappa shape index (κ1) is 21.9. The number of aromatic nitrogens is 1. The molecule has 0 unspecified atom stereocenters. The summed E-state index contributed by atoms with van der Waals surface area (Å²) in [5.41, 5.74) is 0.292. The molecule has 10 heteroatoms. The van der Waals surface area contributed by atoms with Crippen molar-refractivity contribution >= 4 is 11.5 Å². The summed E-state index contributed by atoms with van der Waals surface area (Å²) in [4.78, 5) is 12.7. The SMILES string of the molecule is COc1cc(-n2c(Nc3cccc(OC(F)(F)F)c3)cccc2=O)cc(OC)c1OC. The number of hydrogen-bond donors (Lipinski definition) is 1. The van der Waals surface area contributed by atoms with E-state index < -0.39 is 12.1 Å². The highest BCUT2D eigenvalue weighted by Crippen LogP contribution is 2.39. The van der Waals surface area contributed by atoms with E-state index in [1.165, 1.54) is 56.2 Å². The molecule has 0 bridgehead atoms. The third-order valence-corrected chi connectivity index (χ3v) is 4.20. The van der Waals surface area contributed by atoms with Gasteiger partial charge < -0.3 is 24.3 Å². The predicted molar refractivity (Wildman–Crippen MR) is 108 cm³/mol. The van der Waals surface area contributed by atoms with E-state index in [1.807, 2.05) is 0 Å². The van der Waals surface area contributed by atoms with Crippen molar-refractivity contribution in [3.63, 3.8) is 0 Å². The number of nitrogens with zero attached hydrogens (tertiary/aromatic N) is 1. The molecule has 0 aliphatic heterocycles. The molecule has 164 valence electrons. The molecule has 0 radical (unpaired) electrons. The Morgan fingerprint density at radius 1 is 0.871 bits per heavy atom. The summed E-state index contributed by atoms with van der Waals surface area (Å²) in [5.74, 6) is 0.920. The fraction of sp³-hybridized carbons (Fsp3) is 0.190. The van der Waals surface area contributed by atoms with E-state index >= 15 is 0 Å². The molecule has 3 rings (SSSR count). The van der Waals surface area contributed by atoms with Crippen LogP contribution in [0.2, 0.25) is 0 Å². The van der Waals surface area contributed by atoms with Crippen LogP contribution in [0, 0.1) is 0 Å². The number of methoxy groups -OCH3 is 3. The molecule has 7 nitrogen and oxygen atoms in total. The lowest BCUT2D eigenvalue weighted by Crippen LogP contribution is -2.20. The molecular weight excluding hydrogens is 417 g/mol. The summed E-state index contributed by atoms with van der Waals surface area (Å²) in [6, 6.07) is 12.9. The lowest BCUT2D eigenvalue weighted by atomic mass is 10.2. The van der Waals surface area contributed by atoms with Crippen LogP contribution in [-0.4, -0.2) is 32.3 Å². The molecule has 3 aromatic rings. The summed E-state index contributed by atoms with van der Waals surface area (Å²) < 4.78 is 58.8. The first-order valence-corrected chi connectivity index (χ1v) is 8.91. The fourth-order valence-electron chi connectivity index (χ4n) is 2.97. The van der Waals surface area contributed by atoms with Crippen LogP contribution in [0.1, 0.15) is 0 Å². The maximum Gasteiger partial charge on any atom is 0.573 e. The number of rotatable bonds is 7.